The molecule has 134 valence electrons. The molecule has 0 amide bonds. The van der Waals surface area contributed by atoms with Gasteiger partial charge in [-0.1, -0.05) is 37.6 Å². The summed E-state index contributed by atoms with van der Waals surface area (Å²) in [5.41, 5.74) is 9.74. The van der Waals surface area contributed by atoms with Crippen molar-refractivity contribution in [3.8, 4) is 0 Å². The van der Waals surface area contributed by atoms with Crippen LogP contribution in [0.15, 0.2) is 23.8 Å². The fourth-order valence-electron chi connectivity index (χ4n) is 6.95. The Morgan fingerprint density at radius 2 is 1.83 bits per heavy atom. The lowest BCUT2D eigenvalue weighted by atomic mass is 9.47. The summed E-state index contributed by atoms with van der Waals surface area (Å²) in [5, 5.41) is 0. The number of allylic oxidation sites excluding steroid dienone is 2. The molecule has 0 radical (unpaired) electrons. The lowest BCUT2D eigenvalue weighted by molar-refractivity contribution is -0.0363. The molecule has 0 aliphatic heterocycles. The van der Waals surface area contributed by atoms with Gasteiger partial charge in [0.2, 0.25) is 0 Å². The van der Waals surface area contributed by atoms with Gasteiger partial charge in [0, 0.05) is 6.54 Å². The molecule has 0 aromatic heterocycles. The minimum atomic E-state index is 0.313. The van der Waals surface area contributed by atoms with Crippen molar-refractivity contribution in [1.82, 2.24) is 0 Å². The second kappa shape index (κ2) is 5.99. The molecule has 4 aliphatic rings. The zero-order chi connectivity index (χ0) is 16.9. The van der Waals surface area contributed by atoms with Crippen LogP contribution in [0.1, 0.15) is 65.2 Å². The van der Waals surface area contributed by atoms with E-state index in [0.717, 1.165) is 17.8 Å². The standard InChI is InChI=1S/C22H35NO/c1-15-4-7-19-18-6-5-16-14-17(24-13-12-23)8-10-22(16,3)20(18)9-11-21(15,19)2/h14,17-20H,1,4-13,23H2,2-3H3/t17-,18?,19?,20?,21+,22-/m0/s1. The lowest BCUT2D eigenvalue weighted by Gasteiger charge is -2.58. The molecule has 3 unspecified atom stereocenters. The zero-order valence-corrected chi connectivity index (χ0v) is 15.7. The predicted octanol–water partition coefficient (Wildman–Crippen LogP) is 4.85. The van der Waals surface area contributed by atoms with Crippen molar-refractivity contribution >= 4 is 0 Å². The molecule has 2 N–H and O–H groups in total. The normalized spacial score (nSPS) is 47.6. The van der Waals surface area contributed by atoms with Gasteiger partial charge in [0.15, 0.2) is 0 Å². The van der Waals surface area contributed by atoms with Crippen LogP contribution < -0.4 is 5.73 Å². The van der Waals surface area contributed by atoms with Gasteiger partial charge in [0.25, 0.3) is 0 Å². The molecule has 0 bridgehead atoms. The van der Waals surface area contributed by atoms with Crippen molar-refractivity contribution in [2.75, 3.05) is 13.2 Å². The summed E-state index contributed by atoms with van der Waals surface area (Å²) in [4.78, 5) is 0. The van der Waals surface area contributed by atoms with Crippen LogP contribution in [0.5, 0.6) is 0 Å². The number of hydrogen-bond donors (Lipinski definition) is 1. The molecular weight excluding hydrogens is 294 g/mol. The number of hydrogen-bond acceptors (Lipinski definition) is 2. The van der Waals surface area contributed by atoms with Gasteiger partial charge in [-0.05, 0) is 80.0 Å². The smallest absolute Gasteiger partial charge is 0.0759 e. The van der Waals surface area contributed by atoms with Crippen molar-refractivity contribution in [3.63, 3.8) is 0 Å². The summed E-state index contributed by atoms with van der Waals surface area (Å²) >= 11 is 0. The molecule has 0 spiro atoms. The summed E-state index contributed by atoms with van der Waals surface area (Å²) in [6.07, 6.45) is 13.4. The molecule has 3 saturated carbocycles. The fourth-order valence-corrected chi connectivity index (χ4v) is 6.95. The second-order valence-electron chi connectivity index (χ2n) is 9.36. The molecule has 4 aliphatic carbocycles. The summed E-state index contributed by atoms with van der Waals surface area (Å²) in [6, 6.07) is 0. The van der Waals surface area contributed by atoms with Crippen LogP contribution >= 0.6 is 0 Å². The van der Waals surface area contributed by atoms with E-state index < -0.39 is 0 Å². The predicted molar refractivity (Wildman–Crippen MR) is 99.6 cm³/mol. The highest BCUT2D eigenvalue weighted by Gasteiger charge is 2.57. The summed E-state index contributed by atoms with van der Waals surface area (Å²) in [7, 11) is 0. The molecule has 0 heterocycles. The van der Waals surface area contributed by atoms with Crippen LogP contribution in [0.4, 0.5) is 0 Å². The molecule has 4 rings (SSSR count). The highest BCUT2D eigenvalue weighted by Crippen LogP contribution is 2.66. The van der Waals surface area contributed by atoms with Gasteiger partial charge in [0.05, 0.1) is 12.7 Å². The van der Waals surface area contributed by atoms with Crippen molar-refractivity contribution in [1.29, 1.82) is 0 Å². The number of rotatable bonds is 3. The molecule has 6 atom stereocenters. The Kier molecular flexibility index (Phi) is 4.20. The van der Waals surface area contributed by atoms with Gasteiger partial charge in [-0.25, -0.2) is 0 Å². The van der Waals surface area contributed by atoms with Crippen molar-refractivity contribution in [3.05, 3.63) is 23.8 Å². The molecule has 0 saturated heterocycles. The molecule has 2 nitrogen and oxygen atoms in total. The van der Waals surface area contributed by atoms with E-state index in [0.29, 0.717) is 30.1 Å². The maximum Gasteiger partial charge on any atom is 0.0759 e. The van der Waals surface area contributed by atoms with Gasteiger partial charge < -0.3 is 10.5 Å². The minimum absolute atomic E-state index is 0.313. The quantitative estimate of drug-likeness (QED) is 0.751. The summed E-state index contributed by atoms with van der Waals surface area (Å²) in [6.45, 7) is 10.9. The van der Waals surface area contributed by atoms with E-state index in [4.69, 9.17) is 10.5 Å². The van der Waals surface area contributed by atoms with E-state index in [9.17, 15) is 0 Å². The van der Waals surface area contributed by atoms with Gasteiger partial charge in [-0.3, -0.25) is 0 Å². The second-order valence-corrected chi connectivity index (χ2v) is 9.36. The van der Waals surface area contributed by atoms with E-state index in [1.807, 2.05) is 0 Å². The number of nitrogens with two attached hydrogens (primary N) is 1. The highest BCUT2D eigenvalue weighted by molar-refractivity contribution is 5.28. The van der Waals surface area contributed by atoms with Crippen molar-refractivity contribution in [2.24, 2.45) is 34.3 Å². The number of ether oxygens (including phenoxy) is 1. The Labute approximate surface area is 147 Å². The largest absolute Gasteiger partial charge is 0.373 e. The van der Waals surface area contributed by atoms with Gasteiger partial charge in [0.1, 0.15) is 0 Å². The molecular formula is C22H35NO. The van der Waals surface area contributed by atoms with Crippen LogP contribution in [0.2, 0.25) is 0 Å². The Bertz CT molecular complexity index is 552. The average Bonchev–Trinajstić information content (AvgIpc) is 2.88. The minimum Gasteiger partial charge on any atom is -0.373 e. The van der Waals surface area contributed by atoms with E-state index in [1.54, 1.807) is 11.1 Å². The third-order valence-electron chi connectivity index (χ3n) is 8.48. The molecule has 0 aromatic rings. The van der Waals surface area contributed by atoms with E-state index >= 15 is 0 Å². The van der Waals surface area contributed by atoms with E-state index in [1.165, 1.54) is 51.4 Å². The van der Waals surface area contributed by atoms with Gasteiger partial charge in [-0.15, -0.1) is 0 Å². The lowest BCUT2D eigenvalue weighted by Crippen LogP contribution is -2.49. The maximum atomic E-state index is 5.95. The first-order chi connectivity index (χ1) is 11.5. The topological polar surface area (TPSA) is 35.2 Å². The molecule has 2 heteroatoms. The van der Waals surface area contributed by atoms with Crippen LogP contribution in [-0.4, -0.2) is 19.3 Å². The molecule has 0 aromatic carbocycles. The summed E-state index contributed by atoms with van der Waals surface area (Å²) < 4.78 is 5.95. The third-order valence-corrected chi connectivity index (χ3v) is 8.48. The van der Waals surface area contributed by atoms with E-state index in [-0.39, 0.29) is 0 Å². The number of fused-ring (bicyclic) bond motifs is 5. The van der Waals surface area contributed by atoms with Gasteiger partial charge >= 0.3 is 0 Å². The van der Waals surface area contributed by atoms with E-state index in [2.05, 4.69) is 26.5 Å². The van der Waals surface area contributed by atoms with Crippen LogP contribution in [0.25, 0.3) is 0 Å². The highest BCUT2D eigenvalue weighted by atomic mass is 16.5. The Morgan fingerprint density at radius 3 is 2.62 bits per heavy atom. The Balaban J connectivity index is 1.58. The van der Waals surface area contributed by atoms with Crippen molar-refractivity contribution < 1.29 is 4.74 Å². The van der Waals surface area contributed by atoms with Gasteiger partial charge in [-0.2, -0.15) is 0 Å². The van der Waals surface area contributed by atoms with Crippen molar-refractivity contribution in [2.45, 2.75) is 71.3 Å². The third kappa shape index (κ3) is 2.36. The first-order valence-corrected chi connectivity index (χ1v) is 10.2. The first-order valence-electron chi connectivity index (χ1n) is 10.2. The monoisotopic (exact) mass is 329 g/mol. The average molecular weight is 330 g/mol. The SMILES string of the molecule is C=C1CCC2C3CCC4=C[C@@H](OCCN)CC[C@]4(C)C3CC[C@]12C. The van der Waals surface area contributed by atoms with Crippen LogP contribution in [0, 0.1) is 28.6 Å². The van der Waals surface area contributed by atoms with Crippen LogP contribution in [-0.2, 0) is 4.74 Å². The fraction of sp³-hybridized carbons (Fsp3) is 0.818. The molecule has 24 heavy (non-hydrogen) atoms. The zero-order valence-electron chi connectivity index (χ0n) is 15.7. The Morgan fingerprint density at radius 1 is 1.08 bits per heavy atom. The first kappa shape index (κ1) is 16.8. The maximum absolute atomic E-state index is 5.95. The Hall–Kier alpha value is -0.600. The molecule has 3 fully saturated rings. The summed E-state index contributed by atoms with van der Waals surface area (Å²) in [5.74, 6) is 2.71. The van der Waals surface area contributed by atoms with Crippen LogP contribution in [0.3, 0.4) is 0 Å².